The molecule has 0 atom stereocenters. The first kappa shape index (κ1) is 16.1. The third-order valence-electron chi connectivity index (χ3n) is 4.11. The van der Waals surface area contributed by atoms with Crippen molar-refractivity contribution in [3.63, 3.8) is 0 Å². The van der Waals surface area contributed by atoms with Crippen molar-refractivity contribution in [1.82, 2.24) is 0 Å². The Kier molecular flexibility index (Phi) is 4.55. The molecule has 24 heavy (non-hydrogen) atoms. The van der Waals surface area contributed by atoms with Gasteiger partial charge >= 0.3 is 0 Å². The minimum Gasteiger partial charge on any atom is -0.502 e. The molecule has 3 rings (SSSR count). The van der Waals surface area contributed by atoms with Crippen LogP contribution in [-0.4, -0.2) is 31.2 Å². The Morgan fingerprint density at radius 1 is 1.21 bits per heavy atom. The van der Waals surface area contributed by atoms with Gasteiger partial charge in [0.25, 0.3) is 5.91 Å². The van der Waals surface area contributed by atoms with Crippen molar-refractivity contribution in [2.45, 2.75) is 12.8 Å². The molecule has 0 aromatic heterocycles. The van der Waals surface area contributed by atoms with E-state index in [4.69, 9.17) is 4.74 Å². The Bertz CT molecular complexity index is 741. The number of carbonyl (C=O) groups is 1. The quantitative estimate of drug-likeness (QED) is 0.902. The summed E-state index contributed by atoms with van der Waals surface area (Å²) in [5.74, 6) is -2.06. The summed E-state index contributed by atoms with van der Waals surface area (Å²) in [4.78, 5) is 14.6. The van der Waals surface area contributed by atoms with Crippen LogP contribution in [-0.2, 0) is 0 Å². The van der Waals surface area contributed by atoms with E-state index >= 15 is 0 Å². The molecule has 2 N–H and O–H groups in total. The molecule has 1 amide bonds. The van der Waals surface area contributed by atoms with E-state index in [1.165, 1.54) is 26.0 Å². The molecule has 0 saturated carbocycles. The normalized spacial score (nSPS) is 13.8. The highest BCUT2D eigenvalue weighted by molar-refractivity contribution is 6.04. The fourth-order valence-corrected chi connectivity index (χ4v) is 2.79. The lowest BCUT2D eigenvalue weighted by Crippen LogP contribution is -2.17. The molecular formula is C18H19FN2O3. The monoisotopic (exact) mass is 330 g/mol. The number of halogens is 1. The first-order valence-corrected chi connectivity index (χ1v) is 7.81. The number of nitrogens with one attached hydrogen (secondary N) is 1. The molecule has 2 aromatic rings. The second-order valence-corrected chi connectivity index (χ2v) is 5.70. The molecular weight excluding hydrogens is 311 g/mol. The molecule has 0 unspecified atom stereocenters. The van der Waals surface area contributed by atoms with Crippen LogP contribution in [0.3, 0.4) is 0 Å². The standard InChI is InChI=1S/C18H19FN2O3/c1-24-16-11-12(10-15(19)17(16)22)18(23)20-13-4-6-14(7-5-13)21-8-2-3-9-21/h4-7,10-11,22H,2-3,8-9H2,1H3,(H,20,23). The van der Waals surface area contributed by atoms with Gasteiger partial charge < -0.3 is 20.1 Å². The highest BCUT2D eigenvalue weighted by Crippen LogP contribution is 2.30. The zero-order valence-corrected chi connectivity index (χ0v) is 13.4. The zero-order valence-electron chi connectivity index (χ0n) is 13.4. The Balaban J connectivity index is 1.73. The predicted octanol–water partition coefficient (Wildman–Crippen LogP) is 3.39. The first-order valence-electron chi connectivity index (χ1n) is 7.81. The van der Waals surface area contributed by atoms with Crippen LogP contribution in [0.2, 0.25) is 0 Å². The van der Waals surface area contributed by atoms with Crippen LogP contribution in [0.25, 0.3) is 0 Å². The van der Waals surface area contributed by atoms with E-state index in [0.29, 0.717) is 5.69 Å². The molecule has 1 aliphatic rings. The van der Waals surface area contributed by atoms with Crippen molar-refractivity contribution in [2.24, 2.45) is 0 Å². The Hall–Kier alpha value is -2.76. The predicted molar refractivity (Wildman–Crippen MR) is 90.5 cm³/mol. The largest absolute Gasteiger partial charge is 0.502 e. The molecule has 0 spiro atoms. The number of amides is 1. The summed E-state index contributed by atoms with van der Waals surface area (Å²) in [6.45, 7) is 2.11. The van der Waals surface area contributed by atoms with E-state index in [1.807, 2.05) is 24.3 Å². The van der Waals surface area contributed by atoms with Gasteiger partial charge in [0.2, 0.25) is 0 Å². The van der Waals surface area contributed by atoms with Gasteiger partial charge in [-0.25, -0.2) is 4.39 Å². The van der Waals surface area contributed by atoms with Crippen LogP contribution in [0.15, 0.2) is 36.4 Å². The highest BCUT2D eigenvalue weighted by atomic mass is 19.1. The van der Waals surface area contributed by atoms with Crippen molar-refractivity contribution in [3.8, 4) is 11.5 Å². The van der Waals surface area contributed by atoms with E-state index in [0.717, 1.165) is 24.8 Å². The summed E-state index contributed by atoms with van der Waals surface area (Å²) in [5, 5.41) is 12.2. The van der Waals surface area contributed by atoms with Crippen LogP contribution in [0.5, 0.6) is 11.5 Å². The number of carbonyl (C=O) groups excluding carboxylic acids is 1. The number of phenols is 1. The number of rotatable bonds is 4. The van der Waals surface area contributed by atoms with Crippen LogP contribution in [0.4, 0.5) is 15.8 Å². The zero-order chi connectivity index (χ0) is 17.1. The van der Waals surface area contributed by atoms with Gasteiger partial charge in [-0.05, 0) is 49.2 Å². The Morgan fingerprint density at radius 2 is 1.88 bits per heavy atom. The highest BCUT2D eigenvalue weighted by Gasteiger charge is 2.16. The number of methoxy groups -OCH3 is 1. The van der Waals surface area contributed by atoms with Gasteiger partial charge in [-0.2, -0.15) is 0 Å². The van der Waals surface area contributed by atoms with Gasteiger partial charge in [-0.1, -0.05) is 0 Å². The second-order valence-electron chi connectivity index (χ2n) is 5.70. The summed E-state index contributed by atoms with van der Waals surface area (Å²) >= 11 is 0. The molecule has 1 saturated heterocycles. The van der Waals surface area contributed by atoms with Crippen molar-refractivity contribution < 1.29 is 19.0 Å². The van der Waals surface area contributed by atoms with Gasteiger partial charge in [-0.15, -0.1) is 0 Å². The maximum Gasteiger partial charge on any atom is 0.255 e. The summed E-state index contributed by atoms with van der Waals surface area (Å²) in [6.07, 6.45) is 2.40. The summed E-state index contributed by atoms with van der Waals surface area (Å²) < 4.78 is 18.5. The molecule has 0 bridgehead atoms. The van der Waals surface area contributed by atoms with Gasteiger partial charge in [0.15, 0.2) is 17.3 Å². The molecule has 1 aliphatic heterocycles. The van der Waals surface area contributed by atoms with E-state index in [9.17, 15) is 14.3 Å². The fourth-order valence-electron chi connectivity index (χ4n) is 2.79. The summed E-state index contributed by atoms with van der Waals surface area (Å²) in [7, 11) is 1.30. The number of aromatic hydroxyl groups is 1. The second kappa shape index (κ2) is 6.78. The maximum absolute atomic E-state index is 13.6. The number of anilines is 2. The fraction of sp³-hybridized carbons (Fsp3) is 0.278. The smallest absolute Gasteiger partial charge is 0.255 e. The van der Waals surface area contributed by atoms with Crippen LogP contribution >= 0.6 is 0 Å². The number of hydrogen-bond acceptors (Lipinski definition) is 4. The average Bonchev–Trinajstić information content (AvgIpc) is 3.12. The number of nitrogens with zero attached hydrogens (tertiary/aromatic N) is 1. The minimum atomic E-state index is -0.899. The number of hydrogen-bond donors (Lipinski definition) is 2. The first-order chi connectivity index (χ1) is 11.6. The molecule has 5 nitrogen and oxygen atoms in total. The Labute approximate surface area is 139 Å². The number of ether oxygens (including phenoxy) is 1. The Morgan fingerprint density at radius 3 is 2.50 bits per heavy atom. The summed E-state index contributed by atoms with van der Waals surface area (Å²) in [5.41, 5.74) is 1.82. The average molecular weight is 330 g/mol. The van der Waals surface area contributed by atoms with Crippen molar-refractivity contribution in [1.29, 1.82) is 0 Å². The van der Waals surface area contributed by atoms with Crippen LogP contribution in [0, 0.1) is 5.82 Å². The van der Waals surface area contributed by atoms with E-state index < -0.39 is 17.5 Å². The van der Waals surface area contributed by atoms with E-state index in [-0.39, 0.29) is 11.3 Å². The minimum absolute atomic E-state index is 0.0748. The lowest BCUT2D eigenvalue weighted by molar-refractivity contribution is 0.102. The molecule has 0 aliphatic carbocycles. The van der Waals surface area contributed by atoms with Gasteiger partial charge in [0, 0.05) is 30.0 Å². The molecule has 6 heteroatoms. The third kappa shape index (κ3) is 3.27. The summed E-state index contributed by atoms with van der Waals surface area (Å²) in [6, 6.07) is 9.83. The van der Waals surface area contributed by atoms with E-state index in [2.05, 4.69) is 10.2 Å². The molecule has 0 radical (unpaired) electrons. The number of phenolic OH excluding ortho intramolecular Hbond substituents is 1. The van der Waals surface area contributed by atoms with Crippen LogP contribution < -0.4 is 15.0 Å². The van der Waals surface area contributed by atoms with E-state index in [1.54, 1.807) is 0 Å². The molecule has 1 fully saturated rings. The van der Waals surface area contributed by atoms with Crippen molar-refractivity contribution >= 4 is 17.3 Å². The number of benzene rings is 2. The SMILES string of the molecule is COc1cc(C(=O)Nc2ccc(N3CCCC3)cc2)cc(F)c1O. The van der Waals surface area contributed by atoms with Gasteiger partial charge in [-0.3, -0.25) is 4.79 Å². The maximum atomic E-state index is 13.6. The molecule has 1 heterocycles. The van der Waals surface area contributed by atoms with Gasteiger partial charge in [0.05, 0.1) is 7.11 Å². The lowest BCUT2D eigenvalue weighted by atomic mass is 10.1. The lowest BCUT2D eigenvalue weighted by Gasteiger charge is -2.17. The van der Waals surface area contributed by atoms with Crippen molar-refractivity contribution in [3.05, 3.63) is 47.8 Å². The molecule has 126 valence electrons. The topological polar surface area (TPSA) is 61.8 Å². The third-order valence-corrected chi connectivity index (χ3v) is 4.11. The molecule has 2 aromatic carbocycles. The van der Waals surface area contributed by atoms with Gasteiger partial charge in [0.1, 0.15) is 0 Å². The van der Waals surface area contributed by atoms with Crippen molar-refractivity contribution in [2.75, 3.05) is 30.4 Å². The van der Waals surface area contributed by atoms with Crippen LogP contribution in [0.1, 0.15) is 23.2 Å².